The van der Waals surface area contributed by atoms with Crippen molar-refractivity contribution in [1.29, 1.82) is 0 Å². The third-order valence-corrected chi connectivity index (χ3v) is 7.03. The van der Waals surface area contributed by atoms with E-state index in [2.05, 4.69) is 5.32 Å². The van der Waals surface area contributed by atoms with Crippen LogP contribution in [0, 0.1) is 11.7 Å². The highest BCUT2D eigenvalue weighted by molar-refractivity contribution is 6.03. The molecule has 2 heterocycles. The van der Waals surface area contributed by atoms with Crippen molar-refractivity contribution in [3.8, 4) is 0 Å². The van der Waals surface area contributed by atoms with Gasteiger partial charge in [0.25, 0.3) is 11.8 Å². The van der Waals surface area contributed by atoms with Crippen molar-refractivity contribution in [3.63, 3.8) is 0 Å². The molecule has 0 bridgehead atoms. The van der Waals surface area contributed by atoms with Crippen LogP contribution in [0.5, 0.6) is 0 Å². The maximum atomic E-state index is 14.2. The maximum absolute atomic E-state index is 14.2. The average Bonchev–Trinajstić information content (AvgIpc) is 3.44. The van der Waals surface area contributed by atoms with Crippen molar-refractivity contribution >= 4 is 29.2 Å². The highest BCUT2D eigenvalue weighted by atomic mass is 19.1. The Balaban J connectivity index is 1.51. The lowest BCUT2D eigenvalue weighted by Gasteiger charge is -2.29. The monoisotopic (exact) mass is 508 g/mol. The number of amides is 3. The topological polar surface area (TPSA) is 90.0 Å². The van der Waals surface area contributed by atoms with Crippen LogP contribution in [0.4, 0.5) is 10.1 Å². The molecule has 1 unspecified atom stereocenters. The van der Waals surface area contributed by atoms with E-state index in [4.69, 9.17) is 0 Å². The van der Waals surface area contributed by atoms with Crippen LogP contribution in [0.15, 0.2) is 48.5 Å². The van der Waals surface area contributed by atoms with E-state index >= 15 is 0 Å². The number of hydrogen-bond acceptors (Lipinski definition) is 5. The minimum Gasteiger partial charge on any atom is -0.378 e. The first-order valence-electron chi connectivity index (χ1n) is 12.6. The fourth-order valence-corrected chi connectivity index (χ4v) is 5.17. The molecule has 8 nitrogen and oxygen atoms in total. The molecule has 2 aromatic carbocycles. The number of hydrogen-bond donors (Lipinski definition) is 1. The van der Waals surface area contributed by atoms with Gasteiger partial charge in [0.2, 0.25) is 5.91 Å². The highest BCUT2D eigenvalue weighted by Crippen LogP contribution is 2.32. The van der Waals surface area contributed by atoms with Gasteiger partial charge in [0.15, 0.2) is 5.78 Å². The van der Waals surface area contributed by atoms with Gasteiger partial charge in [0, 0.05) is 31.9 Å². The fraction of sp³-hybridized carbons (Fsp3) is 0.429. The molecule has 2 aromatic rings. The summed E-state index contributed by atoms with van der Waals surface area (Å²) < 4.78 is 14.2. The minimum absolute atomic E-state index is 0.0917. The van der Waals surface area contributed by atoms with Crippen LogP contribution < -0.4 is 10.2 Å². The molecule has 37 heavy (non-hydrogen) atoms. The van der Waals surface area contributed by atoms with Crippen LogP contribution in [0.25, 0.3) is 0 Å². The molecule has 0 saturated carbocycles. The second kappa shape index (κ2) is 10.7. The van der Waals surface area contributed by atoms with Gasteiger partial charge >= 0.3 is 0 Å². The third-order valence-electron chi connectivity index (χ3n) is 7.03. The Morgan fingerprint density at radius 2 is 1.73 bits per heavy atom. The van der Waals surface area contributed by atoms with Gasteiger partial charge in [-0.05, 0) is 55.2 Å². The number of benzene rings is 2. The first-order valence-corrected chi connectivity index (χ1v) is 12.6. The fourth-order valence-electron chi connectivity index (χ4n) is 5.17. The lowest BCUT2D eigenvalue weighted by Crippen LogP contribution is -2.53. The summed E-state index contributed by atoms with van der Waals surface area (Å²) in [5, 5.41) is 2.87. The molecule has 0 aromatic heterocycles. The number of anilines is 1. The Morgan fingerprint density at radius 3 is 2.35 bits per heavy atom. The predicted molar refractivity (Wildman–Crippen MR) is 138 cm³/mol. The van der Waals surface area contributed by atoms with E-state index in [9.17, 15) is 23.6 Å². The van der Waals surface area contributed by atoms with E-state index in [0.29, 0.717) is 18.4 Å². The van der Waals surface area contributed by atoms with Crippen LogP contribution >= 0.6 is 0 Å². The normalized spacial score (nSPS) is 19.7. The SMILES string of the molecule is CC(C)C[C@H](NC(=O)c1ccc(N(C)C)cc1)C(=O)N1CCC2[C@H]1C(=O)CN2C(=O)c1ccccc1F. The van der Waals surface area contributed by atoms with Crippen molar-refractivity contribution in [2.45, 2.75) is 44.8 Å². The highest BCUT2D eigenvalue weighted by Gasteiger charge is 2.52. The van der Waals surface area contributed by atoms with Crippen LogP contribution in [0.3, 0.4) is 0 Å². The Hall–Kier alpha value is -3.75. The molecular weight excluding hydrogens is 475 g/mol. The Labute approximate surface area is 216 Å². The smallest absolute Gasteiger partial charge is 0.257 e. The number of ketones is 1. The molecule has 0 aliphatic carbocycles. The third kappa shape index (κ3) is 5.35. The Kier molecular flexibility index (Phi) is 7.61. The lowest BCUT2D eigenvalue weighted by atomic mass is 10.0. The lowest BCUT2D eigenvalue weighted by molar-refractivity contribution is -0.138. The Bertz CT molecular complexity index is 1200. The summed E-state index contributed by atoms with van der Waals surface area (Å²) in [6.07, 6.45) is 0.816. The molecule has 2 fully saturated rings. The van der Waals surface area contributed by atoms with Crippen LogP contribution in [-0.4, -0.2) is 78.6 Å². The number of carbonyl (C=O) groups excluding carboxylic acids is 4. The molecule has 0 radical (unpaired) electrons. The van der Waals surface area contributed by atoms with Crippen LogP contribution in [-0.2, 0) is 9.59 Å². The van der Waals surface area contributed by atoms with Crippen molar-refractivity contribution in [3.05, 3.63) is 65.5 Å². The van der Waals surface area contributed by atoms with Gasteiger partial charge in [-0.1, -0.05) is 26.0 Å². The van der Waals surface area contributed by atoms with E-state index in [1.807, 2.05) is 45.0 Å². The molecule has 4 rings (SSSR count). The largest absolute Gasteiger partial charge is 0.378 e. The zero-order valence-electron chi connectivity index (χ0n) is 21.6. The number of Topliss-reactive ketones (excluding diaryl/α,β-unsaturated/α-hetero) is 1. The van der Waals surface area contributed by atoms with Crippen LogP contribution in [0.2, 0.25) is 0 Å². The number of nitrogens with zero attached hydrogens (tertiary/aromatic N) is 3. The van der Waals surface area contributed by atoms with Gasteiger partial charge in [0.05, 0.1) is 18.2 Å². The molecule has 2 aliphatic rings. The van der Waals surface area contributed by atoms with E-state index in [0.717, 1.165) is 5.69 Å². The second-order valence-corrected chi connectivity index (χ2v) is 10.3. The first kappa shape index (κ1) is 26.3. The van der Waals surface area contributed by atoms with E-state index < -0.39 is 29.8 Å². The summed E-state index contributed by atoms with van der Waals surface area (Å²) in [6, 6.07) is 10.6. The molecule has 3 atom stereocenters. The quantitative estimate of drug-likeness (QED) is 0.621. The zero-order valence-corrected chi connectivity index (χ0v) is 21.6. The first-order chi connectivity index (χ1) is 17.6. The molecule has 3 amide bonds. The standard InChI is InChI=1S/C28H33FN4O4/c1-17(2)15-22(30-26(35)18-9-11-19(12-10-18)31(3)4)28(37)32-14-13-23-25(32)24(34)16-33(23)27(36)20-7-5-6-8-21(20)29/h5-12,17,22-23,25H,13-16H2,1-4H3,(H,30,35)/t22-,23?,25-/m0/s1. The van der Waals surface area contributed by atoms with Gasteiger partial charge in [0.1, 0.15) is 17.9 Å². The molecule has 1 N–H and O–H groups in total. The summed E-state index contributed by atoms with van der Waals surface area (Å²) in [6.45, 7) is 4.02. The van der Waals surface area contributed by atoms with Gasteiger partial charge < -0.3 is 20.0 Å². The van der Waals surface area contributed by atoms with Gasteiger partial charge in [-0.25, -0.2) is 4.39 Å². The summed E-state index contributed by atoms with van der Waals surface area (Å²) in [7, 11) is 3.82. The second-order valence-electron chi connectivity index (χ2n) is 10.3. The number of likely N-dealkylation sites (tertiary alicyclic amines) is 2. The van der Waals surface area contributed by atoms with Gasteiger partial charge in [-0.3, -0.25) is 19.2 Å². The average molecular weight is 509 g/mol. The number of nitrogens with one attached hydrogen (secondary N) is 1. The predicted octanol–water partition coefficient (Wildman–Crippen LogP) is 2.73. The van der Waals surface area contributed by atoms with E-state index in [-0.39, 0.29) is 42.2 Å². The van der Waals surface area contributed by atoms with Crippen molar-refractivity contribution in [2.24, 2.45) is 5.92 Å². The molecule has 0 spiro atoms. The van der Waals surface area contributed by atoms with Crippen molar-refractivity contribution < 1.29 is 23.6 Å². The molecule has 2 aliphatic heterocycles. The summed E-state index contributed by atoms with van der Waals surface area (Å²) >= 11 is 0. The number of fused-ring (bicyclic) bond motifs is 1. The maximum Gasteiger partial charge on any atom is 0.257 e. The summed E-state index contributed by atoms with van der Waals surface area (Å²) in [5.74, 6) is -2.05. The molecule has 196 valence electrons. The molecule has 2 saturated heterocycles. The molecule has 9 heteroatoms. The van der Waals surface area contributed by atoms with Crippen LogP contribution in [0.1, 0.15) is 47.4 Å². The Morgan fingerprint density at radius 1 is 1.05 bits per heavy atom. The zero-order chi connectivity index (χ0) is 26.9. The van der Waals surface area contributed by atoms with Crippen molar-refractivity contribution in [1.82, 2.24) is 15.1 Å². The van der Waals surface area contributed by atoms with Gasteiger partial charge in [-0.15, -0.1) is 0 Å². The summed E-state index contributed by atoms with van der Waals surface area (Å²) in [5.41, 5.74) is 1.29. The number of carbonyl (C=O) groups is 4. The summed E-state index contributed by atoms with van der Waals surface area (Å²) in [4.78, 5) is 57.5. The number of halogens is 1. The van der Waals surface area contributed by atoms with Crippen molar-refractivity contribution in [2.75, 3.05) is 32.1 Å². The van der Waals surface area contributed by atoms with Gasteiger partial charge in [-0.2, -0.15) is 0 Å². The molecular formula is C28H33FN4O4. The number of rotatable bonds is 7. The van der Waals surface area contributed by atoms with E-state index in [1.165, 1.54) is 28.0 Å². The minimum atomic E-state index is -0.816. The van der Waals surface area contributed by atoms with E-state index in [1.54, 1.807) is 18.2 Å².